The maximum Gasteiger partial charge on any atom is 0.324 e. The van der Waals surface area contributed by atoms with E-state index in [1.165, 1.54) is 16.2 Å². The summed E-state index contributed by atoms with van der Waals surface area (Å²) in [6, 6.07) is 1.47. The van der Waals surface area contributed by atoms with Gasteiger partial charge in [-0.05, 0) is 46.6 Å². The third-order valence-corrected chi connectivity index (χ3v) is 6.44. The van der Waals surface area contributed by atoms with Crippen molar-refractivity contribution in [2.24, 2.45) is 5.73 Å². The van der Waals surface area contributed by atoms with Crippen molar-refractivity contribution >= 4 is 34.4 Å². The summed E-state index contributed by atoms with van der Waals surface area (Å²) in [6.07, 6.45) is 3.03. The second-order valence-electron chi connectivity index (χ2n) is 7.17. The molecule has 2 aromatic rings. The highest BCUT2D eigenvalue weighted by Gasteiger charge is 2.44. The molecule has 3 rings (SSSR count). The topological polar surface area (TPSA) is 117 Å². The van der Waals surface area contributed by atoms with Crippen LogP contribution < -0.4 is 16.0 Å². The fourth-order valence-electron chi connectivity index (χ4n) is 3.53. The monoisotopic (exact) mass is 417 g/mol. The van der Waals surface area contributed by atoms with Crippen molar-refractivity contribution in [2.75, 3.05) is 29.9 Å². The van der Waals surface area contributed by atoms with E-state index in [0.29, 0.717) is 24.0 Å². The maximum absolute atomic E-state index is 12.8. The third kappa shape index (κ3) is 4.02. The number of hydrogen-bond acceptors (Lipinski definition) is 7. The Balaban J connectivity index is 1.82. The van der Waals surface area contributed by atoms with Crippen molar-refractivity contribution < 1.29 is 9.59 Å². The van der Waals surface area contributed by atoms with Crippen LogP contribution in [0, 0.1) is 6.92 Å². The Morgan fingerprint density at radius 2 is 2.07 bits per heavy atom. The molecular formula is C19H27N7O2S. The lowest BCUT2D eigenvalue weighted by atomic mass is 9.98. The molecule has 1 aliphatic rings. The van der Waals surface area contributed by atoms with Crippen molar-refractivity contribution in [2.45, 2.75) is 46.1 Å². The third-order valence-electron chi connectivity index (χ3n) is 5.35. The van der Waals surface area contributed by atoms with E-state index in [0.717, 1.165) is 35.8 Å². The molecule has 0 aliphatic carbocycles. The number of nitrogens with one attached hydrogen (secondary N) is 1. The van der Waals surface area contributed by atoms with Crippen LogP contribution in [0.3, 0.4) is 0 Å². The van der Waals surface area contributed by atoms with E-state index in [9.17, 15) is 9.59 Å². The molecule has 9 nitrogen and oxygen atoms in total. The molecule has 0 unspecified atom stereocenters. The molecule has 1 aliphatic heterocycles. The SMILES string of the molecule is CCN(CC)c1nccc(-c2sc(NC(=O)N3CCC[C@@]3(C)C(N)=O)nc2C)n1. The summed E-state index contributed by atoms with van der Waals surface area (Å²) in [5, 5.41) is 3.28. The highest BCUT2D eigenvalue weighted by molar-refractivity contribution is 7.19. The van der Waals surface area contributed by atoms with Gasteiger partial charge in [0.2, 0.25) is 11.9 Å². The van der Waals surface area contributed by atoms with Crippen LogP contribution in [-0.2, 0) is 4.79 Å². The Hall–Kier alpha value is -2.75. The van der Waals surface area contributed by atoms with Gasteiger partial charge < -0.3 is 15.5 Å². The number of aryl methyl sites for hydroxylation is 1. The number of amides is 3. The summed E-state index contributed by atoms with van der Waals surface area (Å²) in [5.41, 5.74) is 6.10. The average Bonchev–Trinajstić information content (AvgIpc) is 3.26. The molecule has 0 bridgehead atoms. The molecule has 3 amide bonds. The standard InChI is InChI=1S/C19H27N7O2S/c1-5-25(6-2)16-21-10-8-13(23-16)14-12(3)22-17(29-14)24-18(28)26-11-7-9-19(26,4)15(20)27/h8,10H,5-7,9,11H2,1-4H3,(H2,20,27)(H,22,24,28)/t19-/m0/s1. The van der Waals surface area contributed by atoms with Crippen molar-refractivity contribution in [3.05, 3.63) is 18.0 Å². The van der Waals surface area contributed by atoms with Gasteiger partial charge in [0, 0.05) is 25.8 Å². The predicted molar refractivity (Wildman–Crippen MR) is 114 cm³/mol. The molecule has 1 saturated heterocycles. The second kappa shape index (κ2) is 8.32. The van der Waals surface area contributed by atoms with Crippen LogP contribution in [0.5, 0.6) is 0 Å². The van der Waals surface area contributed by atoms with E-state index in [1.807, 2.05) is 13.0 Å². The van der Waals surface area contributed by atoms with E-state index in [-0.39, 0.29) is 6.03 Å². The second-order valence-corrected chi connectivity index (χ2v) is 8.17. The summed E-state index contributed by atoms with van der Waals surface area (Å²) in [6.45, 7) is 9.82. The van der Waals surface area contributed by atoms with Crippen LogP contribution in [0.1, 0.15) is 39.3 Å². The van der Waals surface area contributed by atoms with Crippen molar-refractivity contribution in [1.82, 2.24) is 19.9 Å². The first-order chi connectivity index (χ1) is 13.8. The lowest BCUT2D eigenvalue weighted by molar-refractivity contribution is -0.126. The number of likely N-dealkylation sites (tertiary alicyclic amines) is 1. The summed E-state index contributed by atoms with van der Waals surface area (Å²) in [5.74, 6) is 0.172. The van der Waals surface area contributed by atoms with Gasteiger partial charge in [0.15, 0.2) is 5.13 Å². The van der Waals surface area contributed by atoms with Crippen LogP contribution in [0.2, 0.25) is 0 Å². The summed E-state index contributed by atoms with van der Waals surface area (Å²) in [7, 11) is 0. The Morgan fingerprint density at radius 1 is 1.34 bits per heavy atom. The summed E-state index contributed by atoms with van der Waals surface area (Å²) >= 11 is 1.35. The largest absolute Gasteiger partial charge is 0.368 e. The van der Waals surface area contributed by atoms with Crippen LogP contribution in [0.25, 0.3) is 10.6 Å². The minimum Gasteiger partial charge on any atom is -0.368 e. The van der Waals surface area contributed by atoms with Gasteiger partial charge in [-0.1, -0.05) is 11.3 Å². The minimum absolute atomic E-state index is 0.365. The molecule has 0 radical (unpaired) electrons. The highest BCUT2D eigenvalue weighted by Crippen LogP contribution is 2.34. The molecular weight excluding hydrogens is 390 g/mol. The first-order valence-electron chi connectivity index (χ1n) is 9.74. The van der Waals surface area contributed by atoms with Gasteiger partial charge in [0.05, 0.1) is 16.3 Å². The van der Waals surface area contributed by atoms with Gasteiger partial charge in [-0.15, -0.1) is 0 Å². The number of rotatable bonds is 6. The van der Waals surface area contributed by atoms with Gasteiger partial charge in [-0.2, -0.15) is 0 Å². The summed E-state index contributed by atoms with van der Waals surface area (Å²) < 4.78 is 0. The van der Waals surface area contributed by atoms with Crippen LogP contribution in [0.4, 0.5) is 15.9 Å². The first kappa shape index (κ1) is 21.0. The smallest absolute Gasteiger partial charge is 0.324 e. The molecule has 10 heteroatoms. The molecule has 3 N–H and O–H groups in total. The molecule has 0 spiro atoms. The molecule has 0 aromatic carbocycles. The van der Waals surface area contributed by atoms with Gasteiger partial charge in [-0.25, -0.2) is 19.7 Å². The van der Waals surface area contributed by atoms with Crippen molar-refractivity contribution in [3.63, 3.8) is 0 Å². The van der Waals surface area contributed by atoms with Crippen LogP contribution in [0.15, 0.2) is 12.3 Å². The predicted octanol–water partition coefficient (Wildman–Crippen LogP) is 2.63. The molecule has 2 aromatic heterocycles. The minimum atomic E-state index is -0.968. The highest BCUT2D eigenvalue weighted by atomic mass is 32.1. The van der Waals surface area contributed by atoms with Gasteiger partial charge >= 0.3 is 6.03 Å². The number of nitrogens with two attached hydrogens (primary N) is 1. The lowest BCUT2D eigenvalue weighted by Gasteiger charge is -2.31. The Labute approximate surface area is 174 Å². The number of anilines is 2. The molecule has 3 heterocycles. The zero-order chi connectivity index (χ0) is 21.2. The zero-order valence-electron chi connectivity index (χ0n) is 17.2. The van der Waals surface area contributed by atoms with E-state index in [2.05, 4.69) is 39.0 Å². The number of primary amides is 1. The lowest BCUT2D eigenvalue weighted by Crippen LogP contribution is -2.55. The van der Waals surface area contributed by atoms with Crippen molar-refractivity contribution in [1.29, 1.82) is 0 Å². The van der Waals surface area contributed by atoms with Crippen LogP contribution >= 0.6 is 11.3 Å². The number of thiazole rings is 1. The number of urea groups is 1. The van der Waals surface area contributed by atoms with Gasteiger partial charge in [0.25, 0.3) is 0 Å². The number of nitrogens with zero attached hydrogens (tertiary/aromatic N) is 5. The number of hydrogen-bond donors (Lipinski definition) is 2. The molecule has 29 heavy (non-hydrogen) atoms. The van der Waals surface area contributed by atoms with Gasteiger partial charge in [-0.3, -0.25) is 10.1 Å². The first-order valence-corrected chi connectivity index (χ1v) is 10.6. The number of aromatic nitrogens is 3. The van der Waals surface area contributed by atoms with Crippen molar-refractivity contribution in [3.8, 4) is 10.6 Å². The number of carbonyl (C=O) groups excluding carboxylic acids is 2. The Bertz CT molecular complexity index is 912. The maximum atomic E-state index is 12.8. The van der Waals surface area contributed by atoms with E-state index in [1.54, 1.807) is 13.1 Å². The van der Waals surface area contributed by atoms with E-state index >= 15 is 0 Å². The quantitative estimate of drug-likeness (QED) is 0.746. The number of carbonyl (C=O) groups is 2. The molecule has 1 fully saturated rings. The Kier molecular flexibility index (Phi) is 6.02. The van der Waals surface area contributed by atoms with Crippen LogP contribution in [-0.4, -0.2) is 57.0 Å². The van der Waals surface area contributed by atoms with E-state index in [4.69, 9.17) is 5.73 Å². The zero-order valence-corrected chi connectivity index (χ0v) is 18.0. The fourth-order valence-corrected chi connectivity index (χ4v) is 4.45. The fraction of sp³-hybridized carbons (Fsp3) is 0.526. The van der Waals surface area contributed by atoms with E-state index < -0.39 is 11.4 Å². The molecule has 0 saturated carbocycles. The summed E-state index contributed by atoms with van der Waals surface area (Å²) in [4.78, 5) is 42.5. The van der Waals surface area contributed by atoms with Gasteiger partial charge in [0.1, 0.15) is 5.54 Å². The Morgan fingerprint density at radius 3 is 2.72 bits per heavy atom. The average molecular weight is 418 g/mol. The molecule has 156 valence electrons. The normalized spacial score (nSPS) is 18.7. The molecule has 1 atom stereocenters.